The average Bonchev–Trinajstić information content (AvgIpc) is 1.87. The third kappa shape index (κ3) is 3.14. The number of allylic oxidation sites excluding steroid dienone is 1. The molecule has 0 aromatic carbocycles. The molecule has 0 aliphatic carbocycles. The van der Waals surface area contributed by atoms with Crippen LogP contribution in [0.15, 0.2) is 11.1 Å². The zero-order valence-corrected chi connectivity index (χ0v) is 6.23. The van der Waals surface area contributed by atoms with Crippen LogP contribution in [-0.2, 0) is 9.53 Å². The molecule has 3 heteroatoms. The Morgan fingerprint density at radius 2 is 2.33 bits per heavy atom. The molecular weight excluding hydrogens is 140 g/mol. The molecule has 0 unspecified atom stereocenters. The number of rotatable bonds is 2. The van der Waals surface area contributed by atoms with Gasteiger partial charge in [0.2, 0.25) is 0 Å². The molecule has 0 aliphatic heterocycles. The van der Waals surface area contributed by atoms with Crippen LogP contribution in [0.25, 0.3) is 0 Å². The van der Waals surface area contributed by atoms with Crippen molar-refractivity contribution in [2.75, 3.05) is 6.61 Å². The number of hydrogen-bond donors (Lipinski definition) is 0. The Bertz CT molecular complexity index is 129. The summed E-state index contributed by atoms with van der Waals surface area (Å²) in [6.45, 7) is 3.78. The van der Waals surface area contributed by atoms with Crippen LogP contribution >= 0.6 is 11.6 Å². The van der Waals surface area contributed by atoms with Gasteiger partial charge in [0, 0.05) is 0 Å². The van der Waals surface area contributed by atoms with E-state index in [4.69, 9.17) is 11.6 Å². The van der Waals surface area contributed by atoms with Crippen molar-refractivity contribution in [2.24, 2.45) is 0 Å². The molecule has 0 radical (unpaired) electrons. The molecule has 2 nitrogen and oxygen atoms in total. The van der Waals surface area contributed by atoms with E-state index < -0.39 is 5.97 Å². The molecule has 9 heavy (non-hydrogen) atoms. The Hall–Kier alpha value is -0.500. The molecule has 0 heterocycles. The number of ether oxygens (including phenoxy) is 1. The van der Waals surface area contributed by atoms with Crippen molar-refractivity contribution < 1.29 is 9.53 Å². The van der Waals surface area contributed by atoms with E-state index in [1.54, 1.807) is 13.8 Å². The summed E-state index contributed by atoms with van der Waals surface area (Å²) in [4.78, 5) is 10.6. The van der Waals surface area contributed by atoms with E-state index in [0.29, 0.717) is 6.61 Å². The van der Waals surface area contributed by atoms with Crippen molar-refractivity contribution >= 4 is 17.6 Å². The van der Waals surface area contributed by atoms with Crippen molar-refractivity contribution in [1.82, 2.24) is 0 Å². The van der Waals surface area contributed by atoms with Crippen molar-refractivity contribution in [3.8, 4) is 0 Å². The SMILES string of the molecule is C/C=C(\Cl)C(=O)OCC. The lowest BCUT2D eigenvalue weighted by Crippen LogP contribution is -2.02. The van der Waals surface area contributed by atoms with Gasteiger partial charge in [-0.2, -0.15) is 0 Å². The van der Waals surface area contributed by atoms with E-state index in [-0.39, 0.29) is 5.03 Å². The van der Waals surface area contributed by atoms with E-state index in [1.807, 2.05) is 0 Å². The number of esters is 1. The summed E-state index contributed by atoms with van der Waals surface area (Å²) in [5.74, 6) is -0.457. The fraction of sp³-hybridized carbons (Fsp3) is 0.500. The van der Waals surface area contributed by atoms with Crippen LogP contribution in [0.3, 0.4) is 0 Å². The minimum atomic E-state index is -0.457. The number of carbonyl (C=O) groups is 1. The maximum atomic E-state index is 10.6. The fourth-order valence-corrected chi connectivity index (χ4v) is 0.372. The van der Waals surface area contributed by atoms with Gasteiger partial charge in [-0.25, -0.2) is 4.79 Å². The molecule has 0 saturated carbocycles. The third-order valence-electron chi connectivity index (χ3n) is 0.724. The maximum Gasteiger partial charge on any atom is 0.349 e. The van der Waals surface area contributed by atoms with Crippen molar-refractivity contribution in [3.63, 3.8) is 0 Å². The summed E-state index contributed by atoms with van der Waals surface area (Å²) >= 11 is 5.38. The second kappa shape index (κ2) is 4.39. The first-order valence-corrected chi connectivity index (χ1v) is 3.09. The van der Waals surface area contributed by atoms with Gasteiger partial charge in [-0.1, -0.05) is 17.7 Å². The fourth-order valence-electron chi connectivity index (χ4n) is 0.318. The van der Waals surface area contributed by atoms with Gasteiger partial charge >= 0.3 is 5.97 Å². The van der Waals surface area contributed by atoms with Crippen LogP contribution < -0.4 is 0 Å². The molecule has 0 aromatic rings. The quantitative estimate of drug-likeness (QED) is 0.440. The molecule has 0 N–H and O–H groups in total. The minimum absolute atomic E-state index is 0.136. The highest BCUT2D eigenvalue weighted by molar-refractivity contribution is 6.41. The first kappa shape index (κ1) is 8.50. The van der Waals surface area contributed by atoms with Gasteiger partial charge in [-0.3, -0.25) is 0 Å². The molecule has 0 rings (SSSR count). The van der Waals surface area contributed by atoms with Gasteiger partial charge in [-0.15, -0.1) is 0 Å². The Labute approximate surface area is 59.5 Å². The average molecular weight is 149 g/mol. The number of hydrogen-bond acceptors (Lipinski definition) is 2. The summed E-state index contributed by atoms with van der Waals surface area (Å²) in [7, 11) is 0. The van der Waals surface area contributed by atoms with Crippen LogP contribution in [0.1, 0.15) is 13.8 Å². The molecule has 0 aromatic heterocycles. The second-order valence-corrected chi connectivity index (χ2v) is 1.76. The predicted molar refractivity (Wildman–Crippen MR) is 36.2 cm³/mol. The second-order valence-electron chi connectivity index (χ2n) is 1.36. The molecule has 0 spiro atoms. The summed E-state index contributed by atoms with van der Waals surface area (Å²) in [6.07, 6.45) is 1.50. The number of carbonyl (C=O) groups excluding carboxylic acids is 1. The largest absolute Gasteiger partial charge is 0.462 e. The summed E-state index contributed by atoms with van der Waals surface area (Å²) in [5, 5.41) is 0.136. The lowest BCUT2D eigenvalue weighted by molar-refractivity contribution is -0.137. The highest BCUT2D eigenvalue weighted by Gasteiger charge is 2.03. The standard InChI is InChI=1S/C6H9ClO2/c1-3-5(7)6(8)9-4-2/h3H,4H2,1-2H3/b5-3-. The summed E-state index contributed by atoms with van der Waals surface area (Å²) in [6, 6.07) is 0. The summed E-state index contributed by atoms with van der Waals surface area (Å²) < 4.78 is 4.56. The Balaban J connectivity index is 3.74. The Kier molecular flexibility index (Phi) is 4.14. The van der Waals surface area contributed by atoms with Crippen molar-refractivity contribution in [1.29, 1.82) is 0 Å². The summed E-state index contributed by atoms with van der Waals surface area (Å²) in [5.41, 5.74) is 0. The van der Waals surface area contributed by atoms with Gasteiger partial charge in [0.15, 0.2) is 0 Å². The van der Waals surface area contributed by atoms with Crippen LogP contribution in [0.4, 0.5) is 0 Å². The predicted octanol–water partition coefficient (Wildman–Crippen LogP) is 1.69. The first-order valence-electron chi connectivity index (χ1n) is 2.71. The highest BCUT2D eigenvalue weighted by atomic mass is 35.5. The first-order chi connectivity index (χ1) is 4.22. The van der Waals surface area contributed by atoms with Crippen LogP contribution in [-0.4, -0.2) is 12.6 Å². The van der Waals surface area contributed by atoms with Crippen LogP contribution in [0.5, 0.6) is 0 Å². The number of halogens is 1. The molecule has 52 valence electrons. The Morgan fingerprint density at radius 3 is 2.67 bits per heavy atom. The van der Waals surface area contributed by atoms with E-state index >= 15 is 0 Å². The normalized spacial score (nSPS) is 11.2. The third-order valence-corrected chi connectivity index (χ3v) is 1.10. The molecule has 0 amide bonds. The smallest absolute Gasteiger partial charge is 0.349 e. The molecule has 0 bridgehead atoms. The van der Waals surface area contributed by atoms with Gasteiger partial charge in [0.05, 0.1) is 6.61 Å². The van der Waals surface area contributed by atoms with Gasteiger partial charge in [-0.05, 0) is 13.8 Å². The molecular formula is C6H9ClO2. The lowest BCUT2D eigenvalue weighted by Gasteiger charge is -1.96. The molecule has 0 atom stereocenters. The van der Waals surface area contributed by atoms with Gasteiger partial charge < -0.3 is 4.74 Å². The topological polar surface area (TPSA) is 26.3 Å². The van der Waals surface area contributed by atoms with Crippen LogP contribution in [0.2, 0.25) is 0 Å². The van der Waals surface area contributed by atoms with Crippen molar-refractivity contribution in [2.45, 2.75) is 13.8 Å². The van der Waals surface area contributed by atoms with E-state index in [1.165, 1.54) is 6.08 Å². The monoisotopic (exact) mass is 148 g/mol. The van der Waals surface area contributed by atoms with E-state index in [2.05, 4.69) is 4.74 Å². The molecule has 0 fully saturated rings. The lowest BCUT2D eigenvalue weighted by atomic mass is 10.5. The van der Waals surface area contributed by atoms with Gasteiger partial charge in [0.1, 0.15) is 5.03 Å². The minimum Gasteiger partial charge on any atom is -0.462 e. The van der Waals surface area contributed by atoms with Crippen molar-refractivity contribution in [3.05, 3.63) is 11.1 Å². The highest BCUT2D eigenvalue weighted by Crippen LogP contribution is 2.02. The molecule has 0 saturated heterocycles. The van der Waals surface area contributed by atoms with Gasteiger partial charge in [0.25, 0.3) is 0 Å². The van der Waals surface area contributed by atoms with Crippen LogP contribution in [0, 0.1) is 0 Å². The van der Waals surface area contributed by atoms with E-state index in [0.717, 1.165) is 0 Å². The zero-order chi connectivity index (χ0) is 7.28. The Morgan fingerprint density at radius 1 is 1.78 bits per heavy atom. The van der Waals surface area contributed by atoms with E-state index in [9.17, 15) is 4.79 Å². The maximum absolute atomic E-state index is 10.6. The zero-order valence-electron chi connectivity index (χ0n) is 5.48. The molecule has 0 aliphatic rings.